The summed E-state index contributed by atoms with van der Waals surface area (Å²) in [5.41, 5.74) is 6.34. The zero-order valence-electron chi connectivity index (χ0n) is 10.7. The van der Waals surface area contributed by atoms with Crippen LogP contribution in [0.15, 0.2) is 30.6 Å². The van der Waals surface area contributed by atoms with Gasteiger partial charge in [-0.3, -0.25) is 20.0 Å². The number of anilines is 1. The van der Waals surface area contributed by atoms with Crippen LogP contribution >= 0.6 is 0 Å². The summed E-state index contributed by atoms with van der Waals surface area (Å²) in [6.45, 7) is 1.82. The number of nitrogens with two attached hydrogens (primary N) is 1. The fraction of sp³-hybridized carbons (Fsp3) is 0.167. The second-order valence-corrected chi connectivity index (χ2v) is 4.25. The Kier molecular flexibility index (Phi) is 3.65. The molecule has 0 spiro atoms. The smallest absolute Gasteiger partial charge is 0.292 e. The van der Waals surface area contributed by atoms with Crippen LogP contribution in [0.3, 0.4) is 0 Å². The Hall–Kier alpha value is -2.90. The van der Waals surface area contributed by atoms with Crippen LogP contribution in [0.2, 0.25) is 0 Å². The molecule has 20 heavy (non-hydrogen) atoms. The summed E-state index contributed by atoms with van der Waals surface area (Å²) in [5, 5.41) is 20.5. The molecule has 2 rings (SSSR count). The number of rotatable bonds is 5. The number of aromatic amines is 1. The largest absolute Gasteiger partial charge is 0.373 e. The number of nitro benzene ring substituents is 1. The Morgan fingerprint density at radius 1 is 1.55 bits per heavy atom. The van der Waals surface area contributed by atoms with Gasteiger partial charge in [-0.15, -0.1) is 0 Å². The van der Waals surface area contributed by atoms with Crippen molar-refractivity contribution < 1.29 is 9.72 Å². The van der Waals surface area contributed by atoms with Gasteiger partial charge < -0.3 is 11.1 Å². The van der Waals surface area contributed by atoms with E-state index in [0.29, 0.717) is 0 Å². The number of amides is 1. The average molecular weight is 275 g/mol. The van der Waals surface area contributed by atoms with Crippen LogP contribution in [-0.2, 0) is 0 Å². The maximum absolute atomic E-state index is 11.2. The zero-order valence-corrected chi connectivity index (χ0v) is 10.7. The third kappa shape index (κ3) is 2.74. The Morgan fingerprint density at radius 2 is 2.30 bits per heavy atom. The highest BCUT2D eigenvalue weighted by Gasteiger charge is 2.18. The van der Waals surface area contributed by atoms with Crippen molar-refractivity contribution in [1.29, 1.82) is 0 Å². The number of primary amides is 1. The minimum Gasteiger partial charge on any atom is -0.373 e. The van der Waals surface area contributed by atoms with Gasteiger partial charge >= 0.3 is 0 Å². The molecule has 104 valence electrons. The number of nitrogens with zero attached hydrogens (tertiary/aromatic N) is 2. The van der Waals surface area contributed by atoms with Crippen LogP contribution in [0, 0.1) is 10.1 Å². The second-order valence-electron chi connectivity index (χ2n) is 4.25. The van der Waals surface area contributed by atoms with Crippen LogP contribution in [0.4, 0.5) is 11.4 Å². The quantitative estimate of drug-likeness (QED) is 0.564. The number of H-pyrrole nitrogens is 1. The first-order chi connectivity index (χ1) is 9.49. The lowest BCUT2D eigenvalue weighted by molar-refractivity contribution is -0.384. The maximum Gasteiger partial charge on any atom is 0.292 e. The van der Waals surface area contributed by atoms with E-state index in [1.807, 2.05) is 6.92 Å². The predicted molar refractivity (Wildman–Crippen MR) is 72.2 cm³/mol. The summed E-state index contributed by atoms with van der Waals surface area (Å²) in [6, 6.07) is 3.74. The fourth-order valence-corrected chi connectivity index (χ4v) is 1.78. The summed E-state index contributed by atoms with van der Waals surface area (Å²) in [6.07, 6.45) is 3.29. The molecule has 0 fully saturated rings. The summed E-state index contributed by atoms with van der Waals surface area (Å²) >= 11 is 0. The molecule has 8 heteroatoms. The molecule has 2 aromatic rings. The second kappa shape index (κ2) is 5.39. The highest BCUT2D eigenvalue weighted by Crippen LogP contribution is 2.28. The average Bonchev–Trinajstić information content (AvgIpc) is 2.92. The van der Waals surface area contributed by atoms with E-state index in [0.717, 1.165) is 5.56 Å². The molecule has 1 atom stereocenters. The fourth-order valence-electron chi connectivity index (χ4n) is 1.78. The molecule has 0 radical (unpaired) electrons. The third-order valence-corrected chi connectivity index (χ3v) is 2.87. The van der Waals surface area contributed by atoms with E-state index in [4.69, 9.17) is 5.73 Å². The first-order valence-electron chi connectivity index (χ1n) is 5.82. The van der Waals surface area contributed by atoms with Crippen molar-refractivity contribution in [3.05, 3.63) is 51.8 Å². The summed E-state index contributed by atoms with van der Waals surface area (Å²) < 4.78 is 0. The SMILES string of the molecule is CC(Nc1cc(C(N)=O)ccc1[N+](=O)[O-])c1cn[nH]c1. The Labute approximate surface area is 114 Å². The van der Waals surface area contributed by atoms with Crippen molar-refractivity contribution in [1.82, 2.24) is 10.2 Å². The van der Waals surface area contributed by atoms with E-state index in [9.17, 15) is 14.9 Å². The Balaban J connectivity index is 2.35. The number of carbonyl (C=O) groups excluding carboxylic acids is 1. The van der Waals surface area contributed by atoms with Gasteiger partial charge in [0.05, 0.1) is 17.2 Å². The highest BCUT2D eigenvalue weighted by atomic mass is 16.6. The summed E-state index contributed by atoms with van der Waals surface area (Å²) in [4.78, 5) is 21.6. The molecule has 0 aliphatic heterocycles. The van der Waals surface area contributed by atoms with Crippen LogP contribution in [0.1, 0.15) is 28.9 Å². The molecule has 0 aliphatic carbocycles. The molecule has 0 saturated heterocycles. The first-order valence-corrected chi connectivity index (χ1v) is 5.82. The van der Waals surface area contributed by atoms with E-state index in [1.54, 1.807) is 12.4 Å². The molecule has 1 unspecified atom stereocenters. The molecule has 8 nitrogen and oxygen atoms in total. The van der Waals surface area contributed by atoms with Gasteiger partial charge in [0.2, 0.25) is 5.91 Å². The monoisotopic (exact) mass is 275 g/mol. The Bertz CT molecular complexity index is 639. The zero-order chi connectivity index (χ0) is 14.7. The molecular formula is C12H13N5O3. The predicted octanol–water partition coefficient (Wildman–Crippen LogP) is 1.59. The first kappa shape index (κ1) is 13.5. The minimum absolute atomic E-state index is 0.120. The number of carbonyl (C=O) groups is 1. The van der Waals surface area contributed by atoms with Gasteiger partial charge in [0.25, 0.3) is 5.69 Å². The normalized spacial score (nSPS) is 11.8. The molecule has 1 heterocycles. The molecule has 1 amide bonds. The van der Waals surface area contributed by atoms with Crippen molar-refractivity contribution in [3.8, 4) is 0 Å². The summed E-state index contributed by atoms with van der Waals surface area (Å²) in [5.74, 6) is -0.640. The van der Waals surface area contributed by atoms with Crippen LogP contribution in [-0.4, -0.2) is 21.0 Å². The van der Waals surface area contributed by atoms with Crippen LogP contribution < -0.4 is 11.1 Å². The number of hydrogen-bond acceptors (Lipinski definition) is 5. The number of hydrogen-bond donors (Lipinski definition) is 3. The lowest BCUT2D eigenvalue weighted by Gasteiger charge is -2.14. The van der Waals surface area contributed by atoms with Crippen LogP contribution in [0.5, 0.6) is 0 Å². The van der Waals surface area contributed by atoms with Gasteiger partial charge in [0.1, 0.15) is 5.69 Å². The van der Waals surface area contributed by atoms with Crippen molar-refractivity contribution in [2.45, 2.75) is 13.0 Å². The van der Waals surface area contributed by atoms with Crippen LogP contribution in [0.25, 0.3) is 0 Å². The van der Waals surface area contributed by atoms with Crippen molar-refractivity contribution in [2.75, 3.05) is 5.32 Å². The Morgan fingerprint density at radius 3 is 2.85 bits per heavy atom. The lowest BCUT2D eigenvalue weighted by atomic mass is 10.1. The van der Waals surface area contributed by atoms with Crippen molar-refractivity contribution in [3.63, 3.8) is 0 Å². The van der Waals surface area contributed by atoms with Gasteiger partial charge in [-0.1, -0.05) is 0 Å². The maximum atomic E-state index is 11.2. The van der Waals surface area contributed by atoms with E-state index in [2.05, 4.69) is 15.5 Å². The van der Waals surface area contributed by atoms with E-state index in [1.165, 1.54) is 18.2 Å². The number of nitro groups is 1. The number of aromatic nitrogens is 2. The molecule has 0 saturated carbocycles. The van der Waals surface area contributed by atoms with E-state index >= 15 is 0 Å². The molecule has 0 aliphatic rings. The molecule has 0 bridgehead atoms. The topological polar surface area (TPSA) is 127 Å². The third-order valence-electron chi connectivity index (χ3n) is 2.87. The number of benzene rings is 1. The van der Waals surface area contributed by atoms with Gasteiger partial charge in [0.15, 0.2) is 0 Å². The lowest BCUT2D eigenvalue weighted by Crippen LogP contribution is -2.13. The van der Waals surface area contributed by atoms with Crippen molar-refractivity contribution >= 4 is 17.3 Å². The van der Waals surface area contributed by atoms with E-state index in [-0.39, 0.29) is 23.0 Å². The molecule has 4 N–H and O–H groups in total. The standard InChI is InChI=1S/C12H13N5O3/c1-7(9-5-14-15-6-9)16-10-4-8(12(13)18)2-3-11(10)17(19)20/h2-7,16H,1H3,(H2,13,18)(H,14,15). The van der Waals surface area contributed by atoms with Gasteiger partial charge in [-0.2, -0.15) is 5.10 Å². The van der Waals surface area contributed by atoms with Gasteiger partial charge in [-0.05, 0) is 19.1 Å². The highest BCUT2D eigenvalue weighted by molar-refractivity contribution is 5.94. The van der Waals surface area contributed by atoms with E-state index < -0.39 is 10.8 Å². The summed E-state index contributed by atoms with van der Waals surface area (Å²) in [7, 11) is 0. The molecular weight excluding hydrogens is 262 g/mol. The molecule has 1 aromatic heterocycles. The van der Waals surface area contributed by atoms with Gasteiger partial charge in [-0.25, -0.2) is 0 Å². The minimum atomic E-state index is -0.640. The molecule has 1 aromatic carbocycles. The van der Waals surface area contributed by atoms with Gasteiger partial charge in [0, 0.05) is 23.4 Å². The number of nitrogens with one attached hydrogen (secondary N) is 2. The van der Waals surface area contributed by atoms with Crippen molar-refractivity contribution in [2.24, 2.45) is 5.73 Å².